The summed E-state index contributed by atoms with van der Waals surface area (Å²) in [5, 5.41) is 23.3. The van der Waals surface area contributed by atoms with E-state index in [-0.39, 0.29) is 15.9 Å². The van der Waals surface area contributed by atoms with Gasteiger partial charge in [0.25, 0.3) is 10.0 Å². The summed E-state index contributed by atoms with van der Waals surface area (Å²) in [6.07, 6.45) is 1.28. The normalized spacial score (nSPS) is 13.8. The SMILES string of the molecule is Cc1ccc(S(=O)(=O)N2N=Cc3ccc(C(=O)O)cc3B2O)cc1. The van der Waals surface area contributed by atoms with E-state index in [0.29, 0.717) is 9.89 Å². The number of fused-ring (bicyclic) bond motifs is 1. The van der Waals surface area contributed by atoms with Gasteiger partial charge in [-0.25, -0.2) is 13.2 Å². The third-order valence-electron chi connectivity index (χ3n) is 3.70. The van der Waals surface area contributed by atoms with Gasteiger partial charge < -0.3 is 10.1 Å². The third kappa shape index (κ3) is 2.68. The zero-order chi connectivity index (χ0) is 17.5. The molecule has 7 nitrogen and oxygen atoms in total. The number of rotatable bonds is 3. The molecule has 1 aliphatic heterocycles. The molecule has 0 amide bonds. The Morgan fingerprint density at radius 2 is 1.83 bits per heavy atom. The van der Waals surface area contributed by atoms with Crippen molar-refractivity contribution in [1.29, 1.82) is 0 Å². The van der Waals surface area contributed by atoms with E-state index in [2.05, 4.69) is 5.10 Å². The molecule has 2 N–H and O–H groups in total. The number of nitrogens with zero attached hydrogens (tertiary/aromatic N) is 2. The van der Waals surface area contributed by atoms with Gasteiger partial charge in [-0.1, -0.05) is 23.8 Å². The lowest BCUT2D eigenvalue weighted by Gasteiger charge is -2.26. The van der Waals surface area contributed by atoms with Crippen molar-refractivity contribution >= 4 is 34.7 Å². The van der Waals surface area contributed by atoms with Crippen molar-refractivity contribution in [1.82, 2.24) is 4.33 Å². The highest BCUT2D eigenvalue weighted by Gasteiger charge is 2.38. The minimum absolute atomic E-state index is 0.0119. The molecule has 0 bridgehead atoms. The standard InChI is InChI=1S/C15H13BN2O5S/c1-10-2-6-13(7-3-10)24(22,23)18-16(21)14-8-11(15(19)20)4-5-12(14)9-17-18/h2-9,21H,1H3,(H,19,20). The van der Waals surface area contributed by atoms with Gasteiger partial charge in [0, 0.05) is 0 Å². The van der Waals surface area contributed by atoms with Crippen LogP contribution in [0.2, 0.25) is 0 Å². The minimum Gasteiger partial charge on any atom is -0.478 e. The Morgan fingerprint density at radius 1 is 1.17 bits per heavy atom. The van der Waals surface area contributed by atoms with Gasteiger partial charge in [0.05, 0.1) is 16.7 Å². The Labute approximate surface area is 139 Å². The molecule has 0 radical (unpaired) electrons. The van der Waals surface area contributed by atoms with Crippen molar-refractivity contribution in [2.45, 2.75) is 11.8 Å². The van der Waals surface area contributed by atoms with Gasteiger partial charge in [-0.05, 0) is 42.2 Å². The van der Waals surface area contributed by atoms with Crippen LogP contribution in [0.25, 0.3) is 0 Å². The van der Waals surface area contributed by atoms with Crippen LogP contribution in [0.3, 0.4) is 0 Å². The van der Waals surface area contributed by atoms with Crippen LogP contribution in [-0.4, -0.2) is 42.1 Å². The summed E-state index contributed by atoms with van der Waals surface area (Å²) in [6.45, 7) is 1.83. The van der Waals surface area contributed by atoms with Crippen LogP contribution in [-0.2, 0) is 10.0 Å². The van der Waals surface area contributed by atoms with Crippen molar-refractivity contribution in [3.8, 4) is 0 Å². The molecular formula is C15H13BN2O5S. The lowest BCUT2D eigenvalue weighted by atomic mass is 9.71. The first-order valence-corrected chi connectivity index (χ1v) is 8.45. The number of benzene rings is 2. The number of aryl methyl sites for hydroxylation is 1. The first-order chi connectivity index (χ1) is 11.3. The van der Waals surface area contributed by atoms with E-state index in [1.54, 1.807) is 12.1 Å². The van der Waals surface area contributed by atoms with E-state index < -0.39 is 23.0 Å². The molecule has 2 aromatic carbocycles. The Balaban J connectivity index is 2.04. The molecule has 2 aromatic rings. The van der Waals surface area contributed by atoms with Crippen molar-refractivity contribution in [3.05, 3.63) is 59.2 Å². The van der Waals surface area contributed by atoms with Gasteiger partial charge in [-0.15, -0.1) is 0 Å². The number of hydrogen-bond donors (Lipinski definition) is 2. The highest BCUT2D eigenvalue weighted by Crippen LogP contribution is 2.20. The van der Waals surface area contributed by atoms with E-state index in [1.807, 2.05) is 6.92 Å². The maximum atomic E-state index is 12.7. The largest absolute Gasteiger partial charge is 0.484 e. The summed E-state index contributed by atoms with van der Waals surface area (Å²) in [7, 11) is -5.67. The average molecular weight is 344 g/mol. The monoisotopic (exact) mass is 344 g/mol. The molecule has 0 saturated heterocycles. The number of carboxylic acid groups (broad SMARTS) is 1. The van der Waals surface area contributed by atoms with E-state index >= 15 is 0 Å². The van der Waals surface area contributed by atoms with Crippen LogP contribution in [0.5, 0.6) is 0 Å². The highest BCUT2D eigenvalue weighted by atomic mass is 32.2. The molecule has 1 aliphatic rings. The molecule has 3 rings (SSSR count). The van der Waals surface area contributed by atoms with E-state index in [1.165, 1.54) is 36.5 Å². The number of carbonyl (C=O) groups is 1. The Bertz CT molecular complexity index is 941. The fourth-order valence-corrected chi connectivity index (χ4v) is 3.61. The Morgan fingerprint density at radius 3 is 2.46 bits per heavy atom. The molecule has 9 heteroatoms. The summed E-state index contributed by atoms with van der Waals surface area (Å²) in [5.41, 5.74) is 1.48. The molecular weight excluding hydrogens is 331 g/mol. The average Bonchev–Trinajstić information content (AvgIpc) is 2.55. The molecule has 24 heavy (non-hydrogen) atoms. The van der Waals surface area contributed by atoms with Crippen LogP contribution in [0.4, 0.5) is 0 Å². The van der Waals surface area contributed by atoms with Crippen LogP contribution in [0, 0.1) is 6.92 Å². The number of carboxylic acids is 1. The smallest absolute Gasteiger partial charge is 0.478 e. The molecule has 0 spiro atoms. The molecule has 0 fully saturated rings. The predicted octanol–water partition coefficient (Wildman–Crippen LogP) is 0.419. The van der Waals surface area contributed by atoms with Crippen molar-refractivity contribution in [3.63, 3.8) is 0 Å². The van der Waals surface area contributed by atoms with Gasteiger partial charge >= 0.3 is 13.0 Å². The van der Waals surface area contributed by atoms with Crippen LogP contribution >= 0.6 is 0 Å². The lowest BCUT2D eigenvalue weighted by Crippen LogP contribution is -2.52. The summed E-state index contributed by atoms with van der Waals surface area (Å²) in [6, 6.07) is 10.2. The van der Waals surface area contributed by atoms with Gasteiger partial charge in [-0.2, -0.15) is 9.43 Å². The van der Waals surface area contributed by atoms with Crippen LogP contribution in [0.15, 0.2) is 52.5 Å². The Kier molecular flexibility index (Phi) is 3.90. The van der Waals surface area contributed by atoms with Gasteiger partial charge in [0.1, 0.15) is 0 Å². The van der Waals surface area contributed by atoms with Gasteiger partial charge in [0.2, 0.25) is 0 Å². The van der Waals surface area contributed by atoms with Crippen molar-refractivity contribution in [2.75, 3.05) is 0 Å². The molecule has 0 unspecified atom stereocenters. The van der Waals surface area contributed by atoms with E-state index in [0.717, 1.165) is 5.56 Å². The predicted molar refractivity (Wildman–Crippen MR) is 88.8 cm³/mol. The second-order valence-electron chi connectivity index (χ2n) is 5.36. The lowest BCUT2D eigenvalue weighted by molar-refractivity contribution is 0.0697. The van der Waals surface area contributed by atoms with Crippen molar-refractivity contribution in [2.24, 2.45) is 5.10 Å². The maximum absolute atomic E-state index is 12.7. The summed E-state index contributed by atoms with van der Waals surface area (Å²) < 4.78 is 25.9. The van der Waals surface area contributed by atoms with Crippen LogP contribution in [0.1, 0.15) is 21.5 Å². The minimum atomic E-state index is -4.07. The number of hydrogen-bond acceptors (Lipinski definition) is 5. The summed E-state index contributed by atoms with van der Waals surface area (Å²) >= 11 is 0. The highest BCUT2D eigenvalue weighted by molar-refractivity contribution is 7.90. The first kappa shape index (κ1) is 16.2. The molecule has 0 atom stereocenters. The topological polar surface area (TPSA) is 107 Å². The fraction of sp³-hybridized carbons (Fsp3) is 0.0667. The maximum Gasteiger partial charge on any atom is 0.484 e. The summed E-state index contributed by atoms with van der Waals surface area (Å²) in [4.78, 5) is 11.1. The fourth-order valence-electron chi connectivity index (χ4n) is 2.36. The zero-order valence-corrected chi connectivity index (χ0v) is 13.4. The second-order valence-corrected chi connectivity index (χ2v) is 7.15. The third-order valence-corrected chi connectivity index (χ3v) is 5.35. The number of aromatic carboxylic acids is 1. The van der Waals surface area contributed by atoms with Crippen LogP contribution < -0.4 is 5.46 Å². The molecule has 0 aromatic heterocycles. The zero-order valence-electron chi connectivity index (χ0n) is 12.6. The molecule has 0 saturated carbocycles. The quantitative estimate of drug-likeness (QED) is 0.785. The summed E-state index contributed by atoms with van der Waals surface area (Å²) in [5.74, 6) is -1.17. The molecule has 122 valence electrons. The van der Waals surface area contributed by atoms with Crippen molar-refractivity contribution < 1.29 is 23.3 Å². The second kappa shape index (κ2) is 5.77. The van der Waals surface area contributed by atoms with E-state index in [4.69, 9.17) is 5.11 Å². The number of hydrazone groups is 1. The van der Waals surface area contributed by atoms with Gasteiger partial charge in [-0.3, -0.25) is 0 Å². The first-order valence-electron chi connectivity index (χ1n) is 7.01. The molecule has 0 aliphatic carbocycles. The van der Waals surface area contributed by atoms with Gasteiger partial charge in [0.15, 0.2) is 0 Å². The molecule has 1 heterocycles. The Hall–Kier alpha value is -2.65. The number of sulfonamides is 1. The van der Waals surface area contributed by atoms with E-state index in [9.17, 15) is 18.2 Å².